The van der Waals surface area contributed by atoms with Crippen LogP contribution in [0.5, 0.6) is 0 Å². The van der Waals surface area contributed by atoms with E-state index < -0.39 is 0 Å². The van der Waals surface area contributed by atoms with Gasteiger partial charge < -0.3 is 16.0 Å². The molecule has 1 heterocycles. The van der Waals surface area contributed by atoms with Gasteiger partial charge in [0.25, 0.3) is 0 Å². The van der Waals surface area contributed by atoms with Crippen molar-refractivity contribution in [3.8, 4) is 0 Å². The lowest BCUT2D eigenvalue weighted by Crippen LogP contribution is -2.26. The number of nitrogens with two attached hydrogens (primary N) is 1. The van der Waals surface area contributed by atoms with E-state index in [1.54, 1.807) is 4.90 Å². The monoisotopic (exact) mass is 298 g/mol. The van der Waals surface area contributed by atoms with Crippen LogP contribution in [-0.2, 0) is 10.5 Å². The zero-order valence-electron chi connectivity index (χ0n) is 12.2. The van der Waals surface area contributed by atoms with Crippen molar-refractivity contribution in [3.63, 3.8) is 0 Å². The summed E-state index contributed by atoms with van der Waals surface area (Å²) in [6.07, 6.45) is 2.08. The molecule has 1 amide bonds. The number of carbonyl (C=O) groups excluding carboxylic acids is 1. The molecule has 1 aromatic heterocycles. The van der Waals surface area contributed by atoms with Gasteiger partial charge in [0.05, 0.1) is 11.5 Å². The number of unbranched alkanes of at least 4 members (excludes halogenated alkanes) is 1. The summed E-state index contributed by atoms with van der Waals surface area (Å²) in [4.78, 5) is 25.7. The molecule has 7 nitrogen and oxygen atoms in total. The molecule has 0 saturated heterocycles. The van der Waals surface area contributed by atoms with Gasteiger partial charge in [-0.1, -0.05) is 13.3 Å². The van der Waals surface area contributed by atoms with Crippen molar-refractivity contribution in [1.29, 1.82) is 0 Å². The lowest BCUT2D eigenvalue weighted by Gasteiger charge is -2.11. The summed E-state index contributed by atoms with van der Waals surface area (Å²) in [5, 5.41) is 2.86. The molecule has 0 saturated carbocycles. The molecule has 1 aromatic rings. The third-order valence-electron chi connectivity index (χ3n) is 2.40. The second-order valence-electron chi connectivity index (χ2n) is 4.50. The number of anilines is 2. The Bertz CT molecular complexity index is 440. The number of nitrogens with one attached hydrogen (secondary N) is 1. The van der Waals surface area contributed by atoms with E-state index in [9.17, 15) is 4.79 Å². The minimum atomic E-state index is 0.0401. The molecule has 20 heavy (non-hydrogen) atoms. The normalized spacial score (nSPS) is 10.3. The maximum Gasteiger partial charge on any atom is 0.230 e. The fourth-order valence-electron chi connectivity index (χ4n) is 1.38. The number of aromatic nitrogens is 3. The Kier molecular flexibility index (Phi) is 7.06. The van der Waals surface area contributed by atoms with E-state index in [0.717, 1.165) is 19.4 Å². The Labute approximate surface area is 123 Å². The molecule has 0 spiro atoms. The molecular weight excluding hydrogens is 276 g/mol. The molecule has 0 atom stereocenters. The zero-order valence-corrected chi connectivity index (χ0v) is 13.0. The quantitative estimate of drug-likeness (QED) is 0.681. The number of thioether (sulfide) groups is 1. The van der Waals surface area contributed by atoms with Crippen molar-refractivity contribution in [3.05, 3.63) is 5.82 Å². The average Bonchev–Trinajstić information content (AvgIpc) is 2.38. The molecule has 8 heteroatoms. The summed E-state index contributed by atoms with van der Waals surface area (Å²) < 4.78 is 0. The summed E-state index contributed by atoms with van der Waals surface area (Å²) in [6.45, 7) is 2.83. The van der Waals surface area contributed by atoms with E-state index in [0.29, 0.717) is 23.3 Å². The van der Waals surface area contributed by atoms with Crippen LogP contribution in [0.15, 0.2) is 0 Å². The largest absolute Gasteiger partial charge is 0.368 e. The third kappa shape index (κ3) is 6.05. The van der Waals surface area contributed by atoms with E-state index in [4.69, 9.17) is 5.73 Å². The van der Waals surface area contributed by atoms with E-state index >= 15 is 0 Å². The lowest BCUT2D eigenvalue weighted by atomic mass is 10.3. The Balaban J connectivity index is 2.40. The highest BCUT2D eigenvalue weighted by Crippen LogP contribution is 2.12. The predicted octanol–water partition coefficient (Wildman–Crippen LogP) is 0.669. The SMILES string of the molecule is CCCCNC(=O)CSCc1nc(N)nc(N(C)C)n1. The fourth-order valence-corrected chi connectivity index (χ4v) is 2.08. The number of nitrogens with zero attached hydrogens (tertiary/aromatic N) is 4. The molecular formula is C12H22N6OS. The van der Waals surface area contributed by atoms with Gasteiger partial charge in [-0.25, -0.2) is 0 Å². The van der Waals surface area contributed by atoms with Crippen LogP contribution in [0.4, 0.5) is 11.9 Å². The first kappa shape index (κ1) is 16.5. The summed E-state index contributed by atoms with van der Waals surface area (Å²) in [6, 6.07) is 0. The molecule has 0 aliphatic carbocycles. The highest BCUT2D eigenvalue weighted by Gasteiger charge is 2.07. The molecule has 0 aromatic carbocycles. The highest BCUT2D eigenvalue weighted by molar-refractivity contribution is 7.99. The molecule has 0 fully saturated rings. The summed E-state index contributed by atoms with van der Waals surface area (Å²) in [5.74, 6) is 2.29. The van der Waals surface area contributed by atoms with Gasteiger partial charge in [0.15, 0.2) is 0 Å². The van der Waals surface area contributed by atoms with Gasteiger partial charge in [-0.05, 0) is 6.42 Å². The van der Waals surface area contributed by atoms with Gasteiger partial charge in [-0.15, -0.1) is 11.8 Å². The van der Waals surface area contributed by atoms with E-state index in [-0.39, 0.29) is 11.9 Å². The first-order valence-electron chi connectivity index (χ1n) is 6.55. The van der Waals surface area contributed by atoms with Crippen LogP contribution in [0.2, 0.25) is 0 Å². The number of rotatable bonds is 8. The minimum absolute atomic E-state index is 0.0401. The molecule has 0 aliphatic heterocycles. The number of nitrogen functional groups attached to an aromatic ring is 1. The molecule has 0 aliphatic rings. The number of hydrogen-bond acceptors (Lipinski definition) is 7. The minimum Gasteiger partial charge on any atom is -0.368 e. The van der Waals surface area contributed by atoms with Crippen LogP contribution >= 0.6 is 11.8 Å². The second-order valence-corrected chi connectivity index (χ2v) is 5.49. The molecule has 112 valence electrons. The second kappa shape index (κ2) is 8.57. The lowest BCUT2D eigenvalue weighted by molar-refractivity contribution is -0.118. The summed E-state index contributed by atoms with van der Waals surface area (Å²) in [5.41, 5.74) is 5.63. The first-order chi connectivity index (χ1) is 9.52. The van der Waals surface area contributed by atoms with E-state index in [2.05, 4.69) is 27.2 Å². The smallest absolute Gasteiger partial charge is 0.230 e. The maximum atomic E-state index is 11.5. The van der Waals surface area contributed by atoms with Crippen LogP contribution in [0, 0.1) is 0 Å². The summed E-state index contributed by atoms with van der Waals surface area (Å²) in [7, 11) is 3.68. The first-order valence-corrected chi connectivity index (χ1v) is 7.70. The highest BCUT2D eigenvalue weighted by atomic mass is 32.2. The molecule has 0 unspecified atom stereocenters. The number of carbonyl (C=O) groups is 1. The van der Waals surface area contributed by atoms with Crippen molar-refractivity contribution in [1.82, 2.24) is 20.3 Å². The van der Waals surface area contributed by atoms with Crippen molar-refractivity contribution in [2.24, 2.45) is 0 Å². The van der Waals surface area contributed by atoms with Crippen LogP contribution in [-0.4, -0.2) is 47.3 Å². The van der Waals surface area contributed by atoms with Crippen LogP contribution < -0.4 is 16.0 Å². The van der Waals surface area contributed by atoms with Gasteiger partial charge in [-0.3, -0.25) is 4.79 Å². The van der Waals surface area contributed by atoms with Gasteiger partial charge in [0.2, 0.25) is 17.8 Å². The Morgan fingerprint density at radius 3 is 2.75 bits per heavy atom. The van der Waals surface area contributed by atoms with E-state index in [1.165, 1.54) is 11.8 Å². The molecule has 3 N–H and O–H groups in total. The van der Waals surface area contributed by atoms with Crippen molar-refractivity contribution >= 4 is 29.6 Å². The maximum absolute atomic E-state index is 11.5. The Hall–Kier alpha value is -1.57. The number of amides is 1. The topological polar surface area (TPSA) is 97.0 Å². The zero-order chi connectivity index (χ0) is 15.0. The van der Waals surface area contributed by atoms with Crippen molar-refractivity contribution in [2.75, 3.05) is 37.0 Å². The van der Waals surface area contributed by atoms with Crippen molar-refractivity contribution < 1.29 is 4.79 Å². The van der Waals surface area contributed by atoms with Gasteiger partial charge in [0.1, 0.15) is 5.82 Å². The third-order valence-corrected chi connectivity index (χ3v) is 3.33. The van der Waals surface area contributed by atoms with E-state index in [1.807, 2.05) is 14.1 Å². The predicted molar refractivity (Wildman–Crippen MR) is 82.6 cm³/mol. The Morgan fingerprint density at radius 1 is 1.35 bits per heavy atom. The Morgan fingerprint density at radius 2 is 2.10 bits per heavy atom. The average molecular weight is 298 g/mol. The van der Waals surface area contributed by atoms with Crippen LogP contribution in [0.25, 0.3) is 0 Å². The van der Waals surface area contributed by atoms with Gasteiger partial charge in [0, 0.05) is 20.6 Å². The van der Waals surface area contributed by atoms with Gasteiger partial charge in [-0.2, -0.15) is 15.0 Å². The fraction of sp³-hybridized carbons (Fsp3) is 0.667. The van der Waals surface area contributed by atoms with Crippen molar-refractivity contribution in [2.45, 2.75) is 25.5 Å². The van der Waals surface area contributed by atoms with Crippen LogP contribution in [0.1, 0.15) is 25.6 Å². The standard InChI is InChI=1S/C12H22N6OS/c1-4-5-6-14-10(19)8-20-7-9-15-11(13)17-12(16-9)18(2)3/h4-8H2,1-3H3,(H,14,19)(H2,13,15,16,17). The number of hydrogen-bond donors (Lipinski definition) is 2. The summed E-state index contributed by atoms with van der Waals surface area (Å²) >= 11 is 1.46. The molecule has 1 rings (SSSR count). The molecule has 0 radical (unpaired) electrons. The molecule has 0 bridgehead atoms. The van der Waals surface area contributed by atoms with Crippen LogP contribution in [0.3, 0.4) is 0 Å². The van der Waals surface area contributed by atoms with Gasteiger partial charge >= 0.3 is 0 Å².